The fourth-order valence-electron chi connectivity index (χ4n) is 2.11. The molecule has 0 aliphatic carbocycles. The minimum atomic E-state index is -0.327. The smallest absolute Gasteiger partial charge is 0.165 e. The maximum absolute atomic E-state index is 13.3. The molecule has 0 aliphatic rings. The van der Waals surface area contributed by atoms with Crippen LogP contribution in [0.5, 0.6) is 11.5 Å². The van der Waals surface area contributed by atoms with Gasteiger partial charge < -0.3 is 10.1 Å². The summed E-state index contributed by atoms with van der Waals surface area (Å²) in [6, 6.07) is 10.1. The van der Waals surface area contributed by atoms with Crippen LogP contribution < -0.4 is 15.2 Å². The van der Waals surface area contributed by atoms with E-state index in [2.05, 4.69) is 12.2 Å². The Hall–Kier alpha value is -1.72. The van der Waals surface area contributed by atoms with E-state index in [1.54, 1.807) is 12.1 Å². The van der Waals surface area contributed by atoms with Crippen molar-refractivity contribution in [2.45, 2.75) is 31.6 Å². The number of unbranched alkanes of at least 4 members (excludes halogenated alkanes) is 1. The van der Waals surface area contributed by atoms with Crippen LogP contribution in [-0.2, 0) is 0 Å². The summed E-state index contributed by atoms with van der Waals surface area (Å²) in [6.45, 7) is 5.01. The van der Waals surface area contributed by atoms with E-state index >= 15 is 0 Å². The molecule has 0 spiro atoms. The second-order valence-corrected chi connectivity index (χ2v) is 5.77. The molecule has 0 unspecified atom stereocenters. The molecule has 0 radical (unpaired) electrons. The van der Waals surface area contributed by atoms with Crippen molar-refractivity contribution in [3.8, 4) is 11.5 Å². The minimum Gasteiger partial charge on any atom is -0.454 e. The highest BCUT2D eigenvalue weighted by Crippen LogP contribution is 2.38. The van der Waals surface area contributed by atoms with Crippen molar-refractivity contribution in [3.63, 3.8) is 0 Å². The Kier molecular flexibility index (Phi) is 6.10. The van der Waals surface area contributed by atoms with Crippen molar-refractivity contribution in [1.82, 2.24) is 0 Å². The molecule has 0 bridgehead atoms. The lowest BCUT2D eigenvalue weighted by atomic mass is 10.2. The Labute approximate surface area is 135 Å². The van der Waals surface area contributed by atoms with Crippen LogP contribution in [0.3, 0.4) is 0 Å². The maximum atomic E-state index is 13.3. The zero-order valence-corrected chi connectivity index (χ0v) is 13.7. The van der Waals surface area contributed by atoms with E-state index < -0.39 is 0 Å². The first-order valence-corrected chi connectivity index (χ1v) is 8.20. The molecule has 2 aromatic carbocycles. The molecule has 0 aliphatic heterocycles. The number of benzene rings is 2. The lowest BCUT2D eigenvalue weighted by Crippen LogP contribution is -2.04. The summed E-state index contributed by atoms with van der Waals surface area (Å²) in [5.41, 5.74) is 1.98. The molecule has 0 saturated heterocycles. The molecule has 0 fully saturated rings. The lowest BCUT2D eigenvalue weighted by molar-refractivity contribution is 0.467. The Bertz CT molecular complexity index is 634. The summed E-state index contributed by atoms with van der Waals surface area (Å²) in [4.78, 5) is 0.822. The second kappa shape index (κ2) is 8.06. The summed E-state index contributed by atoms with van der Waals surface area (Å²) in [5.74, 6) is 0.768. The number of halogens is 1. The molecular formula is C17H21FN2OS. The predicted octanol–water partition coefficient (Wildman–Crippen LogP) is 5.10. The Balaban J connectivity index is 2.33. The second-order valence-electron chi connectivity index (χ2n) is 5.10. The van der Waals surface area contributed by atoms with E-state index in [0.29, 0.717) is 11.5 Å². The van der Waals surface area contributed by atoms with Gasteiger partial charge in [0.25, 0.3) is 0 Å². The predicted molar refractivity (Wildman–Crippen MR) is 91.1 cm³/mol. The lowest BCUT2D eigenvalue weighted by Gasteiger charge is -2.17. The van der Waals surface area contributed by atoms with Crippen LogP contribution in [0.25, 0.3) is 0 Å². The molecule has 0 saturated carbocycles. The fourth-order valence-corrected chi connectivity index (χ4v) is 2.62. The van der Waals surface area contributed by atoms with E-state index in [1.807, 2.05) is 19.1 Å². The van der Waals surface area contributed by atoms with Gasteiger partial charge in [-0.15, -0.1) is 0 Å². The summed E-state index contributed by atoms with van der Waals surface area (Å²) in [6.07, 6.45) is 2.18. The third kappa shape index (κ3) is 4.39. The summed E-state index contributed by atoms with van der Waals surface area (Å²) in [7, 11) is 0. The van der Waals surface area contributed by atoms with Crippen molar-refractivity contribution < 1.29 is 9.13 Å². The number of ether oxygens (including phenoxy) is 1. The normalized spacial score (nSPS) is 10.5. The first kappa shape index (κ1) is 16.6. The van der Waals surface area contributed by atoms with Crippen LogP contribution in [0.2, 0.25) is 0 Å². The Morgan fingerprint density at radius 2 is 2.09 bits per heavy atom. The van der Waals surface area contributed by atoms with E-state index in [9.17, 15) is 4.39 Å². The molecule has 5 heteroatoms. The molecule has 3 N–H and O–H groups in total. The van der Waals surface area contributed by atoms with Gasteiger partial charge in [0.05, 0.1) is 10.6 Å². The Morgan fingerprint density at radius 3 is 2.77 bits per heavy atom. The van der Waals surface area contributed by atoms with Gasteiger partial charge in [0, 0.05) is 12.6 Å². The van der Waals surface area contributed by atoms with Crippen molar-refractivity contribution in [3.05, 3.63) is 47.8 Å². The molecule has 2 rings (SSSR count). The van der Waals surface area contributed by atoms with E-state index in [-0.39, 0.29) is 5.82 Å². The molecule has 22 heavy (non-hydrogen) atoms. The first-order chi connectivity index (χ1) is 10.6. The van der Waals surface area contributed by atoms with Gasteiger partial charge in [-0.3, -0.25) is 5.14 Å². The van der Waals surface area contributed by atoms with E-state index in [1.165, 1.54) is 12.1 Å². The average Bonchev–Trinajstić information content (AvgIpc) is 2.49. The summed E-state index contributed by atoms with van der Waals surface area (Å²) in [5, 5.41) is 9.14. The van der Waals surface area contributed by atoms with Gasteiger partial charge in [0.15, 0.2) is 5.75 Å². The molecule has 0 atom stereocenters. The third-order valence-corrected chi connectivity index (χ3v) is 3.75. The van der Waals surface area contributed by atoms with E-state index in [4.69, 9.17) is 9.88 Å². The van der Waals surface area contributed by atoms with Gasteiger partial charge >= 0.3 is 0 Å². The molecule has 118 valence electrons. The number of anilines is 1. The minimum absolute atomic E-state index is 0.327. The molecule has 0 heterocycles. The van der Waals surface area contributed by atoms with Crippen LogP contribution in [0.4, 0.5) is 10.1 Å². The van der Waals surface area contributed by atoms with Gasteiger partial charge in [0.2, 0.25) is 0 Å². The number of nitrogens with one attached hydrogen (secondary N) is 1. The van der Waals surface area contributed by atoms with Crippen LogP contribution in [0.1, 0.15) is 25.3 Å². The fraction of sp³-hybridized carbons (Fsp3) is 0.294. The van der Waals surface area contributed by atoms with E-state index in [0.717, 1.165) is 47.5 Å². The number of hydrogen-bond acceptors (Lipinski definition) is 4. The number of hydrogen-bond donors (Lipinski definition) is 2. The average molecular weight is 320 g/mol. The van der Waals surface area contributed by atoms with Crippen LogP contribution in [-0.4, -0.2) is 6.54 Å². The van der Waals surface area contributed by atoms with Crippen LogP contribution >= 0.6 is 11.9 Å². The topological polar surface area (TPSA) is 47.3 Å². The molecule has 0 amide bonds. The first-order valence-electron chi connectivity index (χ1n) is 7.32. The SMILES string of the molecule is CCCCNc1cc(C)cc(SN)c1Oc1cccc(F)c1. The monoisotopic (exact) mass is 320 g/mol. The number of aryl methyl sites for hydroxylation is 1. The molecule has 3 nitrogen and oxygen atoms in total. The van der Waals surface area contributed by atoms with Gasteiger partial charge in [-0.1, -0.05) is 19.4 Å². The van der Waals surface area contributed by atoms with Gasteiger partial charge in [-0.2, -0.15) is 0 Å². The molecule has 0 aromatic heterocycles. The van der Waals surface area contributed by atoms with Gasteiger partial charge in [-0.05, 0) is 55.1 Å². The zero-order valence-electron chi connectivity index (χ0n) is 12.9. The van der Waals surface area contributed by atoms with Gasteiger partial charge in [-0.25, -0.2) is 4.39 Å². The highest BCUT2D eigenvalue weighted by molar-refractivity contribution is 7.97. The van der Waals surface area contributed by atoms with Crippen LogP contribution in [0, 0.1) is 12.7 Å². The van der Waals surface area contributed by atoms with Crippen molar-refractivity contribution in [2.24, 2.45) is 5.14 Å². The highest BCUT2D eigenvalue weighted by atomic mass is 32.2. The molecular weight excluding hydrogens is 299 g/mol. The van der Waals surface area contributed by atoms with Crippen molar-refractivity contribution in [2.75, 3.05) is 11.9 Å². The third-order valence-electron chi connectivity index (χ3n) is 3.19. The zero-order chi connectivity index (χ0) is 15.9. The largest absolute Gasteiger partial charge is 0.454 e. The summed E-state index contributed by atoms with van der Waals surface area (Å²) < 4.78 is 19.2. The van der Waals surface area contributed by atoms with Crippen molar-refractivity contribution >= 4 is 17.6 Å². The number of nitrogens with two attached hydrogens (primary N) is 1. The van der Waals surface area contributed by atoms with Crippen molar-refractivity contribution in [1.29, 1.82) is 0 Å². The van der Waals surface area contributed by atoms with Gasteiger partial charge in [0.1, 0.15) is 11.6 Å². The number of rotatable bonds is 7. The molecule has 2 aromatic rings. The quantitative estimate of drug-likeness (QED) is 0.550. The Morgan fingerprint density at radius 1 is 1.27 bits per heavy atom. The maximum Gasteiger partial charge on any atom is 0.165 e. The van der Waals surface area contributed by atoms with Crippen LogP contribution in [0.15, 0.2) is 41.3 Å². The summed E-state index contributed by atoms with van der Waals surface area (Å²) >= 11 is 1.13. The highest BCUT2D eigenvalue weighted by Gasteiger charge is 2.13. The standard InChI is InChI=1S/C17H21FN2OS/c1-3-4-8-20-15-9-12(2)10-16(22-19)17(15)21-14-7-5-6-13(18)11-14/h5-7,9-11,20H,3-4,8,19H2,1-2H3.